The quantitative estimate of drug-likeness (QED) is 0.867. The van der Waals surface area contributed by atoms with Gasteiger partial charge in [0.15, 0.2) is 0 Å². The minimum Gasteiger partial charge on any atom is -0.495 e. The molecule has 2 rings (SSSR count). The van der Waals surface area contributed by atoms with Crippen molar-refractivity contribution in [3.8, 4) is 5.75 Å². The monoisotopic (exact) mass is 254 g/mol. The zero-order chi connectivity index (χ0) is 12.4. The van der Waals surface area contributed by atoms with Crippen LogP contribution in [0.3, 0.4) is 0 Å². The second-order valence-electron chi connectivity index (χ2n) is 4.61. The highest BCUT2D eigenvalue weighted by Gasteiger charge is 2.18. The van der Waals surface area contributed by atoms with E-state index in [1.165, 1.54) is 0 Å². The largest absolute Gasteiger partial charge is 0.495 e. The van der Waals surface area contributed by atoms with Crippen LogP contribution < -0.4 is 15.4 Å². The molecule has 0 atom stereocenters. The van der Waals surface area contributed by atoms with Crippen molar-refractivity contribution in [1.29, 1.82) is 0 Å². The number of methoxy groups -OCH3 is 1. The number of benzene rings is 1. The van der Waals surface area contributed by atoms with Crippen molar-refractivity contribution in [2.75, 3.05) is 32.1 Å². The van der Waals surface area contributed by atoms with E-state index in [2.05, 4.69) is 10.6 Å². The van der Waals surface area contributed by atoms with Crippen LogP contribution in [0.1, 0.15) is 11.1 Å². The average Bonchev–Trinajstić information content (AvgIpc) is 2.26. The number of hydrogen-bond acceptors (Lipinski definition) is 3. The SMILES string of the molecule is COc1cc(C)c(Cl)c(C)c1NCC1CNC1. The lowest BCUT2D eigenvalue weighted by Crippen LogP contribution is -2.45. The normalized spacial score (nSPS) is 15.5. The van der Waals surface area contributed by atoms with E-state index in [0.29, 0.717) is 5.92 Å². The fourth-order valence-corrected chi connectivity index (χ4v) is 2.19. The van der Waals surface area contributed by atoms with Gasteiger partial charge in [0.05, 0.1) is 12.8 Å². The Balaban J connectivity index is 2.20. The molecular formula is C13H19ClN2O. The Labute approximate surface area is 107 Å². The summed E-state index contributed by atoms with van der Waals surface area (Å²) < 4.78 is 5.41. The molecule has 0 unspecified atom stereocenters. The zero-order valence-electron chi connectivity index (χ0n) is 10.6. The summed E-state index contributed by atoms with van der Waals surface area (Å²) in [4.78, 5) is 0. The number of hydrogen-bond donors (Lipinski definition) is 2. The van der Waals surface area contributed by atoms with Crippen molar-refractivity contribution in [2.24, 2.45) is 5.92 Å². The molecule has 0 bridgehead atoms. The zero-order valence-corrected chi connectivity index (χ0v) is 11.3. The van der Waals surface area contributed by atoms with Crippen LogP contribution in [0.5, 0.6) is 5.75 Å². The Kier molecular flexibility index (Phi) is 3.79. The molecule has 3 nitrogen and oxygen atoms in total. The van der Waals surface area contributed by atoms with Crippen LogP contribution in [-0.2, 0) is 0 Å². The molecule has 0 aromatic heterocycles. The summed E-state index contributed by atoms with van der Waals surface area (Å²) >= 11 is 6.27. The Hall–Kier alpha value is -0.930. The topological polar surface area (TPSA) is 33.3 Å². The standard InChI is InChI=1S/C13H19ClN2O/c1-8-4-11(17-3)13(9(2)12(8)14)16-7-10-5-15-6-10/h4,10,15-16H,5-7H2,1-3H3. The van der Waals surface area contributed by atoms with Gasteiger partial charge in [0.1, 0.15) is 5.75 Å². The van der Waals surface area contributed by atoms with Crippen molar-refractivity contribution >= 4 is 17.3 Å². The lowest BCUT2D eigenvalue weighted by molar-refractivity contribution is 0.364. The molecule has 4 heteroatoms. The van der Waals surface area contributed by atoms with Crippen molar-refractivity contribution in [1.82, 2.24) is 5.32 Å². The number of nitrogens with one attached hydrogen (secondary N) is 2. The predicted molar refractivity (Wildman–Crippen MR) is 72.3 cm³/mol. The van der Waals surface area contributed by atoms with E-state index in [0.717, 1.165) is 47.2 Å². The molecule has 1 aromatic carbocycles. The molecule has 1 aliphatic heterocycles. The van der Waals surface area contributed by atoms with Gasteiger partial charge in [-0.3, -0.25) is 0 Å². The van der Waals surface area contributed by atoms with Gasteiger partial charge in [-0.1, -0.05) is 11.6 Å². The third-order valence-corrected chi connectivity index (χ3v) is 3.88. The molecular weight excluding hydrogens is 236 g/mol. The van der Waals surface area contributed by atoms with Crippen LogP contribution in [0, 0.1) is 19.8 Å². The van der Waals surface area contributed by atoms with E-state index < -0.39 is 0 Å². The van der Waals surface area contributed by atoms with Gasteiger partial charge < -0.3 is 15.4 Å². The fraction of sp³-hybridized carbons (Fsp3) is 0.538. The maximum Gasteiger partial charge on any atom is 0.142 e. The molecule has 1 aliphatic rings. The van der Waals surface area contributed by atoms with E-state index in [1.54, 1.807) is 7.11 Å². The lowest BCUT2D eigenvalue weighted by atomic mass is 10.0. The van der Waals surface area contributed by atoms with Crippen molar-refractivity contribution in [3.63, 3.8) is 0 Å². The number of ether oxygens (including phenoxy) is 1. The highest BCUT2D eigenvalue weighted by Crippen LogP contribution is 2.35. The Morgan fingerprint density at radius 1 is 1.47 bits per heavy atom. The van der Waals surface area contributed by atoms with Crippen LogP contribution in [0.4, 0.5) is 5.69 Å². The molecule has 1 fully saturated rings. The number of anilines is 1. The lowest BCUT2D eigenvalue weighted by Gasteiger charge is -2.28. The van der Waals surface area contributed by atoms with Gasteiger partial charge in [-0.05, 0) is 31.0 Å². The molecule has 94 valence electrons. The van der Waals surface area contributed by atoms with Gasteiger partial charge in [0.25, 0.3) is 0 Å². The van der Waals surface area contributed by atoms with Gasteiger partial charge in [-0.25, -0.2) is 0 Å². The number of rotatable bonds is 4. The van der Waals surface area contributed by atoms with Crippen molar-refractivity contribution in [2.45, 2.75) is 13.8 Å². The van der Waals surface area contributed by atoms with Gasteiger partial charge in [0, 0.05) is 30.6 Å². The summed E-state index contributed by atoms with van der Waals surface area (Å²) in [7, 11) is 1.69. The van der Waals surface area contributed by atoms with Gasteiger partial charge >= 0.3 is 0 Å². The molecule has 1 saturated heterocycles. The van der Waals surface area contributed by atoms with E-state index in [9.17, 15) is 0 Å². The number of halogens is 1. The van der Waals surface area contributed by atoms with Gasteiger partial charge in [-0.15, -0.1) is 0 Å². The summed E-state index contributed by atoms with van der Waals surface area (Å²) in [5.74, 6) is 1.58. The molecule has 1 heterocycles. The summed E-state index contributed by atoms with van der Waals surface area (Å²) in [6, 6.07) is 1.98. The Bertz CT molecular complexity index is 416. The molecule has 1 aromatic rings. The molecule has 0 aliphatic carbocycles. The molecule has 0 amide bonds. The Morgan fingerprint density at radius 2 is 2.18 bits per heavy atom. The van der Waals surface area contributed by atoms with E-state index in [-0.39, 0.29) is 0 Å². The first kappa shape index (κ1) is 12.5. The Morgan fingerprint density at radius 3 is 2.71 bits per heavy atom. The van der Waals surface area contributed by atoms with E-state index >= 15 is 0 Å². The van der Waals surface area contributed by atoms with Gasteiger partial charge in [-0.2, -0.15) is 0 Å². The molecule has 0 saturated carbocycles. The van der Waals surface area contributed by atoms with Crippen molar-refractivity contribution in [3.05, 3.63) is 22.2 Å². The highest BCUT2D eigenvalue weighted by molar-refractivity contribution is 6.32. The highest BCUT2D eigenvalue weighted by atomic mass is 35.5. The third kappa shape index (κ3) is 2.50. The minimum atomic E-state index is 0.708. The average molecular weight is 255 g/mol. The first-order valence-corrected chi connectivity index (χ1v) is 6.29. The first-order chi connectivity index (χ1) is 8.13. The van der Waals surface area contributed by atoms with E-state index in [4.69, 9.17) is 16.3 Å². The molecule has 0 spiro atoms. The maximum absolute atomic E-state index is 6.27. The molecule has 2 N–H and O–H groups in total. The summed E-state index contributed by atoms with van der Waals surface area (Å²) in [5, 5.41) is 7.54. The van der Waals surface area contributed by atoms with Crippen molar-refractivity contribution < 1.29 is 4.74 Å². The fourth-order valence-electron chi connectivity index (χ4n) is 2.04. The summed E-state index contributed by atoms with van der Waals surface area (Å²) in [6.45, 7) is 7.17. The first-order valence-electron chi connectivity index (χ1n) is 5.91. The maximum atomic E-state index is 6.27. The summed E-state index contributed by atoms with van der Waals surface area (Å²) in [6.07, 6.45) is 0. The van der Waals surface area contributed by atoms with Crippen LogP contribution in [0.2, 0.25) is 5.02 Å². The second-order valence-corrected chi connectivity index (χ2v) is 4.99. The third-order valence-electron chi connectivity index (χ3n) is 3.30. The number of aryl methyl sites for hydroxylation is 1. The summed E-state index contributed by atoms with van der Waals surface area (Å²) in [5.41, 5.74) is 3.14. The minimum absolute atomic E-state index is 0.708. The van der Waals surface area contributed by atoms with Crippen LogP contribution in [0.15, 0.2) is 6.07 Å². The van der Waals surface area contributed by atoms with E-state index in [1.807, 2.05) is 19.9 Å². The molecule has 0 radical (unpaired) electrons. The molecule has 17 heavy (non-hydrogen) atoms. The van der Waals surface area contributed by atoms with Gasteiger partial charge in [0.2, 0.25) is 0 Å². The smallest absolute Gasteiger partial charge is 0.142 e. The van der Waals surface area contributed by atoms with Crippen LogP contribution >= 0.6 is 11.6 Å². The van der Waals surface area contributed by atoms with Crippen LogP contribution in [-0.4, -0.2) is 26.7 Å². The van der Waals surface area contributed by atoms with Crippen LogP contribution in [0.25, 0.3) is 0 Å². The predicted octanol–water partition coefficient (Wildman–Crippen LogP) is 2.60. The second kappa shape index (κ2) is 5.15.